The van der Waals surface area contributed by atoms with E-state index >= 15 is 0 Å². The van der Waals surface area contributed by atoms with Crippen molar-refractivity contribution in [1.82, 2.24) is 0 Å². The van der Waals surface area contributed by atoms with Crippen molar-refractivity contribution >= 4 is 15.9 Å². The highest BCUT2D eigenvalue weighted by Crippen LogP contribution is 2.62. The van der Waals surface area contributed by atoms with Crippen LogP contribution in [0.3, 0.4) is 0 Å². The lowest BCUT2D eigenvalue weighted by atomic mass is 9.50. The van der Waals surface area contributed by atoms with Crippen LogP contribution in [0, 0.1) is 45.8 Å². The number of halogens is 1. The van der Waals surface area contributed by atoms with Gasteiger partial charge in [0.1, 0.15) is 0 Å². The Morgan fingerprint density at radius 3 is 2.40 bits per heavy atom. The Hall–Kier alpha value is -0.0300. The lowest BCUT2D eigenvalue weighted by Gasteiger charge is -2.56. The fraction of sp³-hybridized carbons (Fsp3) is 0.944. The monoisotopic (exact) mass is 339 g/mol. The predicted molar refractivity (Wildman–Crippen MR) is 88.6 cm³/mol. The van der Waals surface area contributed by atoms with Gasteiger partial charge in [0.05, 0.1) is 6.07 Å². The number of alkyl halides is 1. The van der Waals surface area contributed by atoms with Crippen molar-refractivity contribution in [3.63, 3.8) is 0 Å². The topological polar surface area (TPSA) is 23.8 Å². The molecule has 2 aliphatic rings. The van der Waals surface area contributed by atoms with Gasteiger partial charge in [0.15, 0.2) is 0 Å². The Morgan fingerprint density at radius 1 is 1.15 bits per heavy atom. The highest BCUT2D eigenvalue weighted by atomic mass is 79.9. The molecule has 6 atom stereocenters. The fourth-order valence-corrected chi connectivity index (χ4v) is 5.95. The molecule has 0 spiro atoms. The summed E-state index contributed by atoms with van der Waals surface area (Å²) in [4.78, 5) is 0.625. The molecular formula is C18H30BrN. The van der Waals surface area contributed by atoms with Gasteiger partial charge in [-0.05, 0) is 53.8 Å². The third-order valence-electron chi connectivity index (χ3n) is 7.04. The summed E-state index contributed by atoms with van der Waals surface area (Å²) in [6, 6.07) is 2.50. The van der Waals surface area contributed by atoms with Crippen LogP contribution < -0.4 is 0 Å². The number of nitrogens with zero attached hydrogens (tertiary/aromatic N) is 1. The zero-order valence-electron chi connectivity index (χ0n) is 13.7. The van der Waals surface area contributed by atoms with Gasteiger partial charge in [-0.1, -0.05) is 57.0 Å². The molecule has 0 aliphatic heterocycles. The van der Waals surface area contributed by atoms with E-state index in [1.165, 1.54) is 25.7 Å². The molecule has 0 aromatic heterocycles. The zero-order chi connectivity index (χ0) is 15.1. The summed E-state index contributed by atoms with van der Waals surface area (Å²) in [6.45, 7) is 12.2. The number of hydrogen-bond donors (Lipinski definition) is 0. The molecule has 0 amide bonds. The molecule has 1 nitrogen and oxygen atoms in total. The highest BCUT2D eigenvalue weighted by molar-refractivity contribution is 9.09. The average Bonchev–Trinajstić information content (AvgIpc) is 2.47. The summed E-state index contributed by atoms with van der Waals surface area (Å²) in [6.07, 6.45) is 5.93. The summed E-state index contributed by atoms with van der Waals surface area (Å²) in [5, 5.41) is 9.34. The summed E-state index contributed by atoms with van der Waals surface area (Å²) >= 11 is 3.95. The minimum Gasteiger partial charge on any atom is -0.198 e. The molecule has 0 heterocycles. The molecule has 2 rings (SSSR count). The van der Waals surface area contributed by atoms with Crippen LogP contribution >= 0.6 is 15.9 Å². The first-order chi connectivity index (χ1) is 9.25. The minimum atomic E-state index is 0.338. The maximum absolute atomic E-state index is 9.34. The molecule has 2 unspecified atom stereocenters. The van der Waals surface area contributed by atoms with Gasteiger partial charge in [0.2, 0.25) is 0 Å². The standard InChI is InChI=1S/C18H30BrN/c1-12-6-7-15-17(3,4)16(19)8-10-18(15,5)14(9-11-20)13(12)2/h12-16H,6-10H2,1-5H3/t12?,13-,14-,15?,16-,18+/m0/s1. The SMILES string of the molecule is CC1CCC2C(C)(C)[C@@H](Br)CC[C@]2(C)[C@@H](CC#N)[C@H]1C. The summed E-state index contributed by atoms with van der Waals surface area (Å²) in [7, 11) is 0. The maximum atomic E-state index is 9.34. The first-order valence-electron chi connectivity index (χ1n) is 8.26. The second-order valence-corrected chi connectivity index (χ2v) is 9.37. The van der Waals surface area contributed by atoms with Crippen LogP contribution in [0.15, 0.2) is 0 Å². The number of rotatable bonds is 1. The Morgan fingerprint density at radius 2 is 1.80 bits per heavy atom. The van der Waals surface area contributed by atoms with Gasteiger partial charge in [-0.25, -0.2) is 0 Å². The van der Waals surface area contributed by atoms with E-state index in [4.69, 9.17) is 0 Å². The molecule has 2 heteroatoms. The van der Waals surface area contributed by atoms with Crippen LogP contribution in [-0.2, 0) is 0 Å². The van der Waals surface area contributed by atoms with Gasteiger partial charge in [-0.3, -0.25) is 0 Å². The lowest BCUT2D eigenvalue weighted by molar-refractivity contribution is -0.0446. The molecule has 0 aromatic rings. The van der Waals surface area contributed by atoms with E-state index < -0.39 is 0 Å². The van der Waals surface area contributed by atoms with Crippen molar-refractivity contribution in [2.45, 2.75) is 71.5 Å². The van der Waals surface area contributed by atoms with Crippen molar-refractivity contribution in [3.8, 4) is 6.07 Å². The van der Waals surface area contributed by atoms with E-state index in [-0.39, 0.29) is 0 Å². The third kappa shape index (κ3) is 2.45. The summed E-state index contributed by atoms with van der Waals surface area (Å²) in [5.74, 6) is 2.72. The van der Waals surface area contributed by atoms with E-state index in [2.05, 4.69) is 56.6 Å². The van der Waals surface area contributed by atoms with Crippen LogP contribution in [-0.4, -0.2) is 4.83 Å². The van der Waals surface area contributed by atoms with Crippen molar-refractivity contribution in [3.05, 3.63) is 0 Å². The Balaban J connectivity index is 2.44. The van der Waals surface area contributed by atoms with Gasteiger partial charge < -0.3 is 0 Å². The maximum Gasteiger partial charge on any atom is 0.0624 e. The van der Waals surface area contributed by atoms with E-state index in [0.717, 1.165) is 18.3 Å². The van der Waals surface area contributed by atoms with Crippen LogP contribution in [0.1, 0.15) is 66.7 Å². The normalized spacial score (nSPS) is 48.0. The first kappa shape index (κ1) is 16.3. The van der Waals surface area contributed by atoms with Crippen LogP contribution in [0.4, 0.5) is 0 Å². The number of nitriles is 1. The van der Waals surface area contributed by atoms with Crippen molar-refractivity contribution in [1.29, 1.82) is 5.26 Å². The van der Waals surface area contributed by atoms with E-state index in [0.29, 0.717) is 27.5 Å². The smallest absolute Gasteiger partial charge is 0.0624 e. The quantitative estimate of drug-likeness (QED) is 0.554. The van der Waals surface area contributed by atoms with Gasteiger partial charge in [0, 0.05) is 11.2 Å². The van der Waals surface area contributed by atoms with Crippen molar-refractivity contribution in [2.24, 2.45) is 34.5 Å². The fourth-order valence-electron chi connectivity index (χ4n) is 5.40. The Bertz CT molecular complexity index is 397. The molecular weight excluding hydrogens is 310 g/mol. The molecule has 0 aromatic carbocycles. The molecule has 0 radical (unpaired) electrons. The van der Waals surface area contributed by atoms with Crippen LogP contribution in [0.25, 0.3) is 0 Å². The summed E-state index contributed by atoms with van der Waals surface area (Å²) in [5.41, 5.74) is 0.679. The van der Waals surface area contributed by atoms with Crippen molar-refractivity contribution < 1.29 is 0 Å². The largest absolute Gasteiger partial charge is 0.198 e. The first-order valence-corrected chi connectivity index (χ1v) is 9.17. The van der Waals surface area contributed by atoms with Crippen molar-refractivity contribution in [2.75, 3.05) is 0 Å². The minimum absolute atomic E-state index is 0.338. The second kappa shape index (κ2) is 5.64. The Labute approximate surface area is 133 Å². The number of fused-ring (bicyclic) bond motifs is 1. The van der Waals surface area contributed by atoms with E-state index in [1.54, 1.807) is 0 Å². The lowest BCUT2D eigenvalue weighted by Crippen LogP contribution is -2.51. The highest BCUT2D eigenvalue weighted by Gasteiger charge is 2.55. The van der Waals surface area contributed by atoms with Gasteiger partial charge in [-0.2, -0.15) is 5.26 Å². The molecule has 0 bridgehead atoms. The molecule has 0 saturated heterocycles. The van der Waals surface area contributed by atoms with Crippen LogP contribution in [0.2, 0.25) is 0 Å². The molecule has 2 saturated carbocycles. The predicted octanol–water partition coefficient (Wildman–Crippen LogP) is 5.79. The molecule has 0 N–H and O–H groups in total. The van der Waals surface area contributed by atoms with E-state index in [9.17, 15) is 5.26 Å². The average molecular weight is 340 g/mol. The summed E-state index contributed by atoms with van der Waals surface area (Å²) < 4.78 is 0. The van der Waals surface area contributed by atoms with Crippen LogP contribution in [0.5, 0.6) is 0 Å². The molecule has 2 aliphatic carbocycles. The third-order valence-corrected chi connectivity index (χ3v) is 8.68. The Kier molecular flexibility index (Phi) is 4.60. The molecule has 20 heavy (non-hydrogen) atoms. The molecule has 114 valence electrons. The van der Waals surface area contributed by atoms with Gasteiger partial charge in [-0.15, -0.1) is 0 Å². The molecule has 2 fully saturated rings. The van der Waals surface area contributed by atoms with Gasteiger partial charge >= 0.3 is 0 Å². The zero-order valence-corrected chi connectivity index (χ0v) is 15.3. The van der Waals surface area contributed by atoms with Gasteiger partial charge in [0.25, 0.3) is 0 Å². The van der Waals surface area contributed by atoms with E-state index in [1.807, 2.05) is 0 Å². The second-order valence-electron chi connectivity index (χ2n) is 8.27. The number of hydrogen-bond acceptors (Lipinski definition) is 1.